The molecule has 1 aromatic rings. The molecule has 0 saturated heterocycles. The molecule has 1 atom stereocenters. The van der Waals surface area contributed by atoms with Crippen LogP contribution in [0.3, 0.4) is 0 Å². The Morgan fingerprint density at radius 1 is 1.41 bits per heavy atom. The van der Waals surface area contributed by atoms with Crippen molar-refractivity contribution in [3.05, 3.63) is 17.0 Å². The predicted molar refractivity (Wildman–Crippen MR) is 56.2 cm³/mol. The number of rotatable bonds is 4. The molecule has 1 unspecified atom stereocenters. The predicted octanol–water partition coefficient (Wildman–Crippen LogP) is 2.11. The van der Waals surface area contributed by atoms with Gasteiger partial charge in [-0.1, -0.05) is 0 Å². The number of nitrogens with one attached hydrogen (secondary N) is 1. The van der Waals surface area contributed by atoms with E-state index in [-0.39, 0.29) is 5.69 Å². The number of carboxylic acid groups (broad SMARTS) is 1. The van der Waals surface area contributed by atoms with E-state index in [2.05, 4.69) is 10.2 Å². The summed E-state index contributed by atoms with van der Waals surface area (Å²) in [5.74, 6) is -2.52. The monoisotopic (exact) mass is 244 g/mol. The van der Waals surface area contributed by atoms with Crippen LogP contribution in [0, 0.1) is 0 Å². The first kappa shape index (κ1) is 12.0. The molecule has 1 aliphatic rings. The number of halogens is 2. The molecule has 94 valence electrons. The summed E-state index contributed by atoms with van der Waals surface area (Å²) in [4.78, 5) is 10.6. The summed E-state index contributed by atoms with van der Waals surface area (Å²) in [6.45, 7) is 0. The van der Waals surface area contributed by atoms with E-state index >= 15 is 0 Å². The van der Waals surface area contributed by atoms with Crippen molar-refractivity contribution in [2.24, 2.45) is 0 Å². The molecule has 0 bridgehead atoms. The number of carboxylic acids is 1. The van der Waals surface area contributed by atoms with Gasteiger partial charge in [-0.25, -0.2) is 8.78 Å². The van der Waals surface area contributed by atoms with E-state index in [1.54, 1.807) is 0 Å². The van der Waals surface area contributed by atoms with Gasteiger partial charge in [0.25, 0.3) is 0 Å². The van der Waals surface area contributed by atoms with Crippen molar-refractivity contribution in [1.82, 2.24) is 10.2 Å². The average molecular weight is 244 g/mol. The van der Waals surface area contributed by atoms with E-state index in [9.17, 15) is 13.6 Å². The molecule has 0 spiro atoms. The molecule has 2 N–H and O–H groups in total. The van der Waals surface area contributed by atoms with E-state index in [1.807, 2.05) is 0 Å². The van der Waals surface area contributed by atoms with Crippen LogP contribution >= 0.6 is 0 Å². The minimum atomic E-state index is -2.69. The zero-order valence-corrected chi connectivity index (χ0v) is 9.25. The summed E-state index contributed by atoms with van der Waals surface area (Å²) in [7, 11) is 0. The number of aromatic nitrogens is 2. The first-order chi connectivity index (χ1) is 8.09. The number of aliphatic carboxylic acids is 1. The Hall–Kier alpha value is -1.46. The van der Waals surface area contributed by atoms with Gasteiger partial charge in [0.2, 0.25) is 6.43 Å². The third kappa shape index (κ3) is 2.45. The van der Waals surface area contributed by atoms with Crippen LogP contribution in [0.2, 0.25) is 0 Å². The number of hydrogen-bond acceptors (Lipinski definition) is 2. The lowest BCUT2D eigenvalue weighted by Gasteiger charge is -2.16. The molecule has 17 heavy (non-hydrogen) atoms. The van der Waals surface area contributed by atoms with Gasteiger partial charge in [-0.2, -0.15) is 5.10 Å². The Bertz CT molecular complexity index is 418. The third-order valence-electron chi connectivity index (χ3n) is 3.14. The molecular weight excluding hydrogens is 230 g/mol. The standard InChI is InChI=1S/C11H14F2N2O2/c12-11(13)7(5-9(16)17)10-6-3-1-2-4-8(6)14-15-10/h7,11H,1-5H2,(H,14,15)(H,16,17). The maximum Gasteiger partial charge on any atom is 0.304 e. The van der Waals surface area contributed by atoms with Crippen molar-refractivity contribution in [2.75, 3.05) is 0 Å². The average Bonchev–Trinajstić information content (AvgIpc) is 2.69. The first-order valence-corrected chi connectivity index (χ1v) is 5.65. The molecule has 1 heterocycles. The largest absolute Gasteiger partial charge is 0.481 e. The molecule has 4 nitrogen and oxygen atoms in total. The Morgan fingerprint density at radius 2 is 2.12 bits per heavy atom. The highest BCUT2D eigenvalue weighted by Crippen LogP contribution is 2.32. The second-order valence-corrected chi connectivity index (χ2v) is 4.31. The minimum absolute atomic E-state index is 0.247. The maximum atomic E-state index is 12.9. The summed E-state index contributed by atoms with van der Waals surface area (Å²) in [5, 5.41) is 15.3. The number of nitrogens with zero attached hydrogens (tertiary/aromatic N) is 1. The lowest BCUT2D eigenvalue weighted by Crippen LogP contribution is -2.17. The SMILES string of the molecule is O=C(O)CC(c1n[nH]c2c1CCCC2)C(F)F. The normalized spacial score (nSPS) is 16.9. The molecule has 0 aliphatic heterocycles. The van der Waals surface area contributed by atoms with E-state index in [0.717, 1.165) is 30.5 Å². The smallest absolute Gasteiger partial charge is 0.304 e. The van der Waals surface area contributed by atoms with Gasteiger partial charge in [0, 0.05) is 5.69 Å². The molecule has 0 aromatic carbocycles. The second-order valence-electron chi connectivity index (χ2n) is 4.31. The molecule has 1 aromatic heterocycles. The second kappa shape index (κ2) is 4.81. The third-order valence-corrected chi connectivity index (χ3v) is 3.14. The quantitative estimate of drug-likeness (QED) is 0.852. The zero-order valence-electron chi connectivity index (χ0n) is 9.25. The van der Waals surface area contributed by atoms with E-state index in [0.29, 0.717) is 6.42 Å². The topological polar surface area (TPSA) is 66.0 Å². The van der Waals surface area contributed by atoms with Crippen LogP contribution < -0.4 is 0 Å². The van der Waals surface area contributed by atoms with Crippen molar-refractivity contribution in [2.45, 2.75) is 44.4 Å². The molecule has 0 saturated carbocycles. The highest BCUT2D eigenvalue weighted by Gasteiger charge is 2.31. The van der Waals surface area contributed by atoms with Gasteiger partial charge in [-0.3, -0.25) is 9.89 Å². The van der Waals surface area contributed by atoms with Crippen LogP contribution in [-0.4, -0.2) is 27.7 Å². The van der Waals surface area contributed by atoms with Crippen molar-refractivity contribution in [3.63, 3.8) is 0 Å². The lowest BCUT2D eigenvalue weighted by molar-refractivity contribution is -0.138. The Morgan fingerprint density at radius 3 is 2.76 bits per heavy atom. The molecule has 0 radical (unpaired) electrons. The summed E-state index contributed by atoms with van der Waals surface area (Å²) in [6, 6.07) is 0. The van der Waals surface area contributed by atoms with Gasteiger partial charge in [0.1, 0.15) is 0 Å². The Kier molecular flexibility index (Phi) is 3.40. The highest BCUT2D eigenvalue weighted by atomic mass is 19.3. The maximum absolute atomic E-state index is 12.9. The molecule has 1 aliphatic carbocycles. The fraction of sp³-hybridized carbons (Fsp3) is 0.636. The number of H-pyrrole nitrogens is 1. The van der Waals surface area contributed by atoms with Crippen LogP contribution in [0.1, 0.15) is 42.1 Å². The molecule has 2 rings (SSSR count). The first-order valence-electron chi connectivity index (χ1n) is 5.65. The lowest BCUT2D eigenvalue weighted by atomic mass is 9.90. The van der Waals surface area contributed by atoms with Crippen molar-refractivity contribution in [1.29, 1.82) is 0 Å². The van der Waals surface area contributed by atoms with Crippen LogP contribution in [0.15, 0.2) is 0 Å². The van der Waals surface area contributed by atoms with Crippen molar-refractivity contribution in [3.8, 4) is 0 Å². The van der Waals surface area contributed by atoms with Gasteiger partial charge in [-0.15, -0.1) is 0 Å². The zero-order chi connectivity index (χ0) is 12.4. The van der Waals surface area contributed by atoms with Gasteiger partial charge >= 0.3 is 5.97 Å². The number of hydrogen-bond donors (Lipinski definition) is 2. The molecule has 0 fully saturated rings. The number of carbonyl (C=O) groups is 1. The van der Waals surface area contributed by atoms with Crippen molar-refractivity contribution >= 4 is 5.97 Å². The highest BCUT2D eigenvalue weighted by molar-refractivity contribution is 5.68. The van der Waals surface area contributed by atoms with Crippen LogP contribution in [-0.2, 0) is 17.6 Å². The van der Waals surface area contributed by atoms with E-state index in [4.69, 9.17) is 5.11 Å². The Labute approximate surface area is 97.0 Å². The summed E-state index contributed by atoms with van der Waals surface area (Å²) in [5.41, 5.74) is 1.95. The van der Waals surface area contributed by atoms with Crippen molar-refractivity contribution < 1.29 is 18.7 Å². The van der Waals surface area contributed by atoms with Crippen LogP contribution in [0.4, 0.5) is 8.78 Å². The summed E-state index contributed by atoms with van der Waals surface area (Å²) in [6.07, 6.45) is 0.222. The molecule has 6 heteroatoms. The fourth-order valence-corrected chi connectivity index (χ4v) is 2.31. The molecular formula is C11H14F2N2O2. The summed E-state index contributed by atoms with van der Waals surface area (Å²) >= 11 is 0. The number of alkyl halides is 2. The van der Waals surface area contributed by atoms with Gasteiger partial charge in [0.05, 0.1) is 18.0 Å². The van der Waals surface area contributed by atoms with Crippen LogP contribution in [0.5, 0.6) is 0 Å². The summed E-state index contributed by atoms with van der Waals surface area (Å²) < 4.78 is 25.8. The number of aryl methyl sites for hydroxylation is 1. The molecule has 0 amide bonds. The minimum Gasteiger partial charge on any atom is -0.481 e. The van der Waals surface area contributed by atoms with E-state index in [1.165, 1.54) is 0 Å². The van der Waals surface area contributed by atoms with Gasteiger partial charge in [-0.05, 0) is 31.2 Å². The number of aromatic amines is 1. The van der Waals surface area contributed by atoms with E-state index < -0.39 is 24.7 Å². The fourth-order valence-electron chi connectivity index (χ4n) is 2.31. The Balaban J connectivity index is 2.29. The van der Waals surface area contributed by atoms with Crippen LogP contribution in [0.25, 0.3) is 0 Å². The van der Waals surface area contributed by atoms with Gasteiger partial charge in [0.15, 0.2) is 0 Å². The number of fused-ring (bicyclic) bond motifs is 1. The van der Waals surface area contributed by atoms with Gasteiger partial charge < -0.3 is 5.11 Å².